The fourth-order valence-corrected chi connectivity index (χ4v) is 13.1. The van der Waals surface area contributed by atoms with Crippen LogP contribution < -0.4 is 0 Å². The van der Waals surface area contributed by atoms with Gasteiger partial charge in [-0.25, -0.2) is 0 Å². The van der Waals surface area contributed by atoms with Crippen molar-refractivity contribution < 1.29 is 120 Å². The number of rotatable bonds is 23. The van der Waals surface area contributed by atoms with E-state index in [4.69, 9.17) is 76.2 Å². The molecule has 5 aliphatic rings. The molecule has 4 N–H and O–H groups in total. The highest BCUT2D eigenvalue weighted by Gasteiger charge is 2.48. The van der Waals surface area contributed by atoms with E-state index in [-0.39, 0.29) is 122 Å². The quantitative estimate of drug-likeness (QED) is 0.0396. The van der Waals surface area contributed by atoms with Crippen LogP contribution in [0.25, 0.3) is 0 Å². The molecule has 4 aromatic rings. The molecule has 0 bridgehead atoms. The van der Waals surface area contributed by atoms with Crippen molar-refractivity contribution in [3.63, 3.8) is 0 Å². The van der Waals surface area contributed by atoms with Crippen LogP contribution in [0.15, 0.2) is 121 Å². The van der Waals surface area contributed by atoms with Crippen molar-refractivity contribution in [3.05, 3.63) is 144 Å². The summed E-state index contributed by atoms with van der Waals surface area (Å²) in [5.41, 5.74) is 4.58. The Hall–Kier alpha value is -6.82. The van der Waals surface area contributed by atoms with Crippen molar-refractivity contribution in [1.29, 1.82) is 0 Å². The van der Waals surface area contributed by atoms with E-state index in [9.17, 15) is 44.1 Å². The maximum atomic E-state index is 11.6. The smallest absolute Gasteiger partial charge is 0.305 e. The second-order valence-electron chi connectivity index (χ2n) is 28.2. The van der Waals surface area contributed by atoms with E-state index in [1.807, 2.05) is 132 Å². The molecule has 25 nitrogen and oxygen atoms in total. The van der Waals surface area contributed by atoms with E-state index in [1.54, 1.807) is 6.92 Å². The second kappa shape index (κ2) is 45.9. The highest BCUT2D eigenvalue weighted by atomic mass is 16.7. The first-order valence-electron chi connectivity index (χ1n) is 36.7. The zero-order valence-electron chi connectivity index (χ0n) is 64.7. The van der Waals surface area contributed by atoms with Crippen LogP contribution in [0.3, 0.4) is 0 Å². The van der Waals surface area contributed by atoms with Crippen LogP contribution in [0.4, 0.5) is 0 Å². The van der Waals surface area contributed by atoms with Crippen molar-refractivity contribution in [1.82, 2.24) is 0 Å². The Bertz CT molecular complexity index is 3170. The zero-order chi connectivity index (χ0) is 78.3. The van der Waals surface area contributed by atoms with E-state index in [1.165, 1.54) is 52.7 Å². The Balaban J connectivity index is 0.000000244. The fraction of sp³-hybridized carbons (Fsp3) is 0.630. The summed E-state index contributed by atoms with van der Waals surface area (Å²) >= 11 is 0. The third kappa shape index (κ3) is 29.3. The Morgan fingerprint density at radius 2 is 0.613 bits per heavy atom. The van der Waals surface area contributed by atoms with Gasteiger partial charge in [-0.3, -0.25) is 28.8 Å². The molecule has 4 aromatic carbocycles. The molecule has 106 heavy (non-hydrogen) atoms. The lowest BCUT2D eigenvalue weighted by Gasteiger charge is -2.43. The maximum absolute atomic E-state index is 11.6. The number of carbonyl (C=O) groups excluding carboxylic acids is 6. The molecule has 592 valence electrons. The largest absolute Gasteiger partial charge is 0.463 e. The van der Waals surface area contributed by atoms with Gasteiger partial charge >= 0.3 is 35.8 Å². The molecule has 0 spiro atoms. The van der Waals surface area contributed by atoms with Crippen molar-refractivity contribution in [2.45, 2.75) is 248 Å². The number of carbonyl (C=O) groups is 6. The van der Waals surface area contributed by atoms with E-state index >= 15 is 0 Å². The zero-order valence-corrected chi connectivity index (χ0v) is 64.7. The summed E-state index contributed by atoms with van der Waals surface area (Å²) in [6.07, 6.45) is -8.60. The van der Waals surface area contributed by atoms with Crippen LogP contribution >= 0.6 is 0 Å². The van der Waals surface area contributed by atoms with E-state index < -0.39 is 73.2 Å². The summed E-state index contributed by atoms with van der Waals surface area (Å²) in [6, 6.07) is 40.6. The van der Waals surface area contributed by atoms with Crippen LogP contribution in [0.2, 0.25) is 0 Å². The molecule has 5 fully saturated rings. The summed E-state index contributed by atoms with van der Waals surface area (Å²) < 4.78 is 84.0. The van der Waals surface area contributed by atoms with Gasteiger partial charge in [0.15, 0.2) is 6.10 Å². The van der Waals surface area contributed by atoms with Gasteiger partial charge in [-0.15, -0.1) is 0 Å². The van der Waals surface area contributed by atoms with Gasteiger partial charge in [0, 0.05) is 53.4 Å². The Labute approximate surface area is 625 Å². The van der Waals surface area contributed by atoms with Crippen LogP contribution in [0, 0.1) is 47.3 Å². The van der Waals surface area contributed by atoms with Crippen molar-refractivity contribution >= 4 is 35.8 Å². The molecule has 9 rings (SSSR count). The van der Waals surface area contributed by atoms with Gasteiger partial charge in [-0.05, 0) is 78.5 Å². The van der Waals surface area contributed by atoms with E-state index in [2.05, 4.69) is 58.9 Å². The number of ether oxygens (including phenoxy) is 15. The Morgan fingerprint density at radius 1 is 0.311 bits per heavy atom. The van der Waals surface area contributed by atoms with Gasteiger partial charge in [0.2, 0.25) is 12.6 Å². The SMILES string of the molecule is CC(=O)OC1OC(COCc2ccccc2)C(C)C(C)C1OCc1ccccc1.CC(=O)OCC1OC(C)C(OC(C)=O)C(C)C1C.CC(=O)OCC1OC(OC(C)=O)C(OC(C)=O)C(C)C1C.CC1OC(CO)C(O)C(O)C1O.CC1OC(COCc2ccccc2)C(C)C(C)C1OCc1ccccc1. The third-order valence-electron chi connectivity index (χ3n) is 20.2. The maximum Gasteiger partial charge on any atom is 0.305 e. The average Bonchev–Trinajstić information content (AvgIpc) is 0.830. The highest BCUT2D eigenvalue weighted by molar-refractivity contribution is 5.68. The molecule has 5 heterocycles. The molecule has 25 unspecified atom stereocenters. The average molecular weight is 1490 g/mol. The van der Waals surface area contributed by atoms with Gasteiger partial charge in [0.25, 0.3) is 0 Å². The minimum atomic E-state index is -1.24. The Kier molecular flexibility index (Phi) is 38.9. The molecule has 5 aliphatic heterocycles. The van der Waals surface area contributed by atoms with Gasteiger partial charge < -0.3 is 91.5 Å². The number of benzene rings is 4. The molecule has 25 heteroatoms. The molecule has 25 atom stereocenters. The van der Waals surface area contributed by atoms with Gasteiger partial charge in [-0.1, -0.05) is 177 Å². The predicted octanol–water partition coefficient (Wildman–Crippen LogP) is 9.63. The number of aliphatic hydroxyl groups is 4. The lowest BCUT2D eigenvalue weighted by Crippen LogP contribution is -2.57. The first-order chi connectivity index (χ1) is 50.3. The minimum absolute atomic E-state index is 0.0412. The lowest BCUT2D eigenvalue weighted by molar-refractivity contribution is -0.279. The van der Waals surface area contributed by atoms with Crippen LogP contribution in [-0.4, -0.2) is 193 Å². The highest BCUT2D eigenvalue weighted by Crippen LogP contribution is 2.38. The molecule has 5 saturated heterocycles. The van der Waals surface area contributed by atoms with Gasteiger partial charge in [0.1, 0.15) is 49.8 Å². The van der Waals surface area contributed by atoms with Crippen LogP contribution in [-0.2, 0) is 126 Å². The van der Waals surface area contributed by atoms with Crippen molar-refractivity contribution in [2.24, 2.45) is 47.3 Å². The summed E-state index contributed by atoms with van der Waals surface area (Å²) in [4.78, 5) is 66.8. The number of hydrogen-bond acceptors (Lipinski definition) is 25. The number of aliphatic hydroxyl groups excluding tert-OH is 4. The topological polar surface area (TPSA) is 322 Å². The van der Waals surface area contributed by atoms with Crippen molar-refractivity contribution in [2.75, 3.05) is 33.0 Å². The third-order valence-corrected chi connectivity index (χ3v) is 20.2. The molecule has 0 aromatic heterocycles. The van der Waals surface area contributed by atoms with E-state index in [0.29, 0.717) is 51.5 Å². The Morgan fingerprint density at radius 3 is 1.00 bits per heavy atom. The van der Waals surface area contributed by atoms with Gasteiger partial charge in [0.05, 0.1) is 95.1 Å². The first kappa shape index (κ1) is 89.8. The van der Waals surface area contributed by atoms with Crippen LogP contribution in [0.1, 0.15) is 140 Å². The lowest BCUT2D eigenvalue weighted by atomic mass is 9.81. The molecular formula is C81H118O25. The summed E-state index contributed by atoms with van der Waals surface area (Å²) in [5, 5.41) is 36.4. The number of hydrogen-bond donors (Lipinski definition) is 4. The van der Waals surface area contributed by atoms with Crippen LogP contribution in [0.5, 0.6) is 0 Å². The molecule has 0 radical (unpaired) electrons. The summed E-state index contributed by atoms with van der Waals surface area (Å²) in [5.74, 6) is -1.10. The first-order valence-corrected chi connectivity index (χ1v) is 36.7. The minimum Gasteiger partial charge on any atom is -0.463 e. The normalized spacial score (nSPS) is 32.4. The molecule has 0 amide bonds. The summed E-state index contributed by atoms with van der Waals surface area (Å²) in [7, 11) is 0. The fourth-order valence-electron chi connectivity index (χ4n) is 13.1. The predicted molar refractivity (Wildman–Crippen MR) is 389 cm³/mol. The molecular weight excluding hydrogens is 1370 g/mol. The summed E-state index contributed by atoms with van der Waals surface area (Å²) in [6.45, 7) is 33.4. The molecule has 0 aliphatic carbocycles. The standard InChI is InChI=1S/C24H30O5.C23H30O3.C14H22O7.C13H22O5.C7H14O5/c1-17-18(2)23(27-15-21-12-8-5-9-13-21)24(28-19(3)25)29-22(17)16-26-14-20-10-6-4-7-11-20;1-17-18(2)23(25-15-21-12-8-5-9-13-21)19(3)26-22(17)16-24-14-20-10-6-4-7-11-20;1-7-8(2)13(19-10(4)16)14(20-11(5)17)21-12(7)6-18-9(3)15;1-7-8(2)13(18-11(5)15)9(3)17-12(7)6-16-10(4)14;1-3-5(9)7(11)6(10)4(2-8)12-3/h4-13,17-18,22-24H,14-16H2,1-3H3;4-13,17-19,22-23H,14-16H2,1-3H3;7-8,12-14H,6H2,1-5H3;7-9,12-13H,6H2,1-5H3;3-11H,2H2,1H3. The van der Waals surface area contributed by atoms with Crippen molar-refractivity contribution in [3.8, 4) is 0 Å². The van der Waals surface area contributed by atoms with Gasteiger partial charge in [-0.2, -0.15) is 0 Å². The second-order valence-corrected chi connectivity index (χ2v) is 28.2. The number of esters is 6. The van der Waals surface area contributed by atoms with E-state index in [0.717, 1.165) is 11.1 Å². The molecule has 0 saturated carbocycles. The monoisotopic (exact) mass is 1490 g/mol.